The Morgan fingerprint density at radius 1 is 1.11 bits per heavy atom. The molecule has 1 aromatic heterocycles. The molecule has 0 saturated carbocycles. The first kappa shape index (κ1) is 19.7. The SMILES string of the molecule is Cn1cc(C(=O)Nc2ccccc2-c2ccc(S(C)(=O)=O)cc2)c(C(F)F)n1. The van der Waals surface area contributed by atoms with Gasteiger partial charge in [0.1, 0.15) is 5.69 Å². The number of nitrogens with one attached hydrogen (secondary N) is 1. The number of nitrogens with zero attached hydrogens (tertiary/aromatic N) is 2. The predicted molar refractivity (Wildman–Crippen MR) is 101 cm³/mol. The number of amides is 1. The Kier molecular flexibility index (Phi) is 5.28. The van der Waals surface area contributed by atoms with E-state index in [9.17, 15) is 22.0 Å². The zero-order valence-electron chi connectivity index (χ0n) is 15.1. The molecule has 0 aliphatic carbocycles. The van der Waals surface area contributed by atoms with Crippen LogP contribution in [0.1, 0.15) is 22.5 Å². The molecule has 0 fully saturated rings. The summed E-state index contributed by atoms with van der Waals surface area (Å²) >= 11 is 0. The minimum atomic E-state index is -3.33. The summed E-state index contributed by atoms with van der Waals surface area (Å²) in [5, 5.41) is 6.27. The fourth-order valence-corrected chi connectivity index (χ4v) is 3.39. The first-order valence-electron chi connectivity index (χ1n) is 8.19. The molecule has 1 N–H and O–H groups in total. The summed E-state index contributed by atoms with van der Waals surface area (Å²) in [7, 11) is -1.87. The molecule has 1 amide bonds. The van der Waals surface area contributed by atoms with E-state index in [1.165, 1.54) is 25.4 Å². The first-order valence-corrected chi connectivity index (χ1v) is 10.1. The summed E-state index contributed by atoms with van der Waals surface area (Å²) in [6, 6.07) is 13.0. The number of para-hydroxylation sites is 1. The van der Waals surface area contributed by atoms with Gasteiger partial charge in [-0.1, -0.05) is 30.3 Å². The van der Waals surface area contributed by atoms with E-state index in [4.69, 9.17) is 0 Å². The Morgan fingerprint density at radius 3 is 2.36 bits per heavy atom. The number of anilines is 1. The number of carbonyl (C=O) groups excluding carboxylic acids is 1. The predicted octanol–water partition coefficient (Wildman–Crippen LogP) is 3.68. The van der Waals surface area contributed by atoms with Gasteiger partial charge in [0.15, 0.2) is 9.84 Å². The normalized spacial score (nSPS) is 11.6. The second-order valence-corrected chi connectivity index (χ2v) is 8.21. The van der Waals surface area contributed by atoms with Gasteiger partial charge in [0, 0.05) is 30.8 Å². The number of alkyl halides is 2. The standard InChI is InChI=1S/C19H17F2N3O3S/c1-24-11-15(17(23-24)18(20)21)19(25)22-16-6-4-3-5-14(16)12-7-9-13(10-8-12)28(2,26)27/h3-11,18H,1-2H3,(H,22,25). The zero-order chi connectivity index (χ0) is 20.5. The molecule has 0 aliphatic heterocycles. The van der Waals surface area contributed by atoms with Crippen molar-refractivity contribution in [3.05, 3.63) is 66.0 Å². The van der Waals surface area contributed by atoms with Gasteiger partial charge in [0.05, 0.1) is 10.5 Å². The van der Waals surface area contributed by atoms with Gasteiger partial charge < -0.3 is 5.32 Å². The summed E-state index contributed by atoms with van der Waals surface area (Å²) in [6.45, 7) is 0. The Bertz CT molecular complexity index is 1120. The summed E-state index contributed by atoms with van der Waals surface area (Å²) in [4.78, 5) is 12.7. The van der Waals surface area contributed by atoms with Crippen molar-refractivity contribution < 1.29 is 22.0 Å². The van der Waals surface area contributed by atoms with E-state index in [0.717, 1.165) is 10.9 Å². The second-order valence-electron chi connectivity index (χ2n) is 6.20. The molecule has 0 bridgehead atoms. The Balaban J connectivity index is 1.94. The van der Waals surface area contributed by atoms with Crippen molar-refractivity contribution in [2.45, 2.75) is 11.3 Å². The van der Waals surface area contributed by atoms with E-state index in [1.807, 2.05) is 0 Å². The molecule has 1 heterocycles. The van der Waals surface area contributed by atoms with Crippen LogP contribution in [-0.2, 0) is 16.9 Å². The second kappa shape index (κ2) is 7.51. The van der Waals surface area contributed by atoms with Crippen molar-refractivity contribution in [1.29, 1.82) is 0 Å². The van der Waals surface area contributed by atoms with Crippen LogP contribution in [0.15, 0.2) is 59.6 Å². The largest absolute Gasteiger partial charge is 0.321 e. The van der Waals surface area contributed by atoms with Gasteiger partial charge in [-0.2, -0.15) is 5.10 Å². The Hall–Kier alpha value is -3.07. The maximum Gasteiger partial charge on any atom is 0.282 e. The van der Waals surface area contributed by atoms with Crippen LogP contribution in [0.2, 0.25) is 0 Å². The maximum absolute atomic E-state index is 13.1. The molecule has 0 radical (unpaired) electrons. The smallest absolute Gasteiger partial charge is 0.282 e. The molecule has 2 aromatic carbocycles. The van der Waals surface area contributed by atoms with Gasteiger partial charge in [0.25, 0.3) is 12.3 Å². The number of sulfone groups is 1. The average molecular weight is 405 g/mol. The summed E-state index contributed by atoms with van der Waals surface area (Å²) in [5.41, 5.74) is 0.903. The number of carbonyl (C=O) groups is 1. The van der Waals surface area contributed by atoms with Crippen LogP contribution in [-0.4, -0.2) is 30.4 Å². The van der Waals surface area contributed by atoms with E-state index in [0.29, 0.717) is 16.8 Å². The highest BCUT2D eigenvalue weighted by molar-refractivity contribution is 7.90. The summed E-state index contributed by atoms with van der Waals surface area (Å²) < 4.78 is 50.6. The van der Waals surface area contributed by atoms with Gasteiger partial charge in [-0.05, 0) is 23.8 Å². The third-order valence-corrected chi connectivity index (χ3v) is 5.21. The molecule has 9 heteroatoms. The van der Waals surface area contributed by atoms with Gasteiger partial charge in [-0.3, -0.25) is 9.48 Å². The van der Waals surface area contributed by atoms with Crippen LogP contribution in [0.3, 0.4) is 0 Å². The third-order valence-electron chi connectivity index (χ3n) is 4.08. The van der Waals surface area contributed by atoms with Crippen LogP contribution >= 0.6 is 0 Å². The first-order chi connectivity index (χ1) is 13.2. The molecule has 146 valence electrons. The quantitative estimate of drug-likeness (QED) is 0.702. The molecule has 0 aliphatic rings. The summed E-state index contributed by atoms with van der Waals surface area (Å²) in [6.07, 6.45) is -0.522. The van der Waals surface area contributed by atoms with Crippen molar-refractivity contribution in [2.75, 3.05) is 11.6 Å². The Labute approximate surface area is 160 Å². The van der Waals surface area contributed by atoms with Crippen LogP contribution < -0.4 is 5.32 Å². The van der Waals surface area contributed by atoms with E-state index >= 15 is 0 Å². The van der Waals surface area contributed by atoms with E-state index in [-0.39, 0.29) is 10.5 Å². The lowest BCUT2D eigenvalue weighted by Gasteiger charge is -2.12. The van der Waals surface area contributed by atoms with Gasteiger partial charge in [-0.25, -0.2) is 17.2 Å². The molecular weight excluding hydrogens is 388 g/mol. The number of benzene rings is 2. The van der Waals surface area contributed by atoms with Crippen molar-refractivity contribution in [3.8, 4) is 11.1 Å². The minimum Gasteiger partial charge on any atom is -0.321 e. The summed E-state index contributed by atoms with van der Waals surface area (Å²) in [5.74, 6) is -0.705. The van der Waals surface area contributed by atoms with Gasteiger partial charge >= 0.3 is 0 Å². The minimum absolute atomic E-state index is 0.176. The van der Waals surface area contributed by atoms with Crippen LogP contribution in [0.5, 0.6) is 0 Å². The number of hydrogen-bond donors (Lipinski definition) is 1. The fourth-order valence-electron chi connectivity index (χ4n) is 2.76. The van der Waals surface area contributed by atoms with E-state index in [2.05, 4.69) is 10.4 Å². The zero-order valence-corrected chi connectivity index (χ0v) is 15.9. The van der Waals surface area contributed by atoms with Crippen molar-refractivity contribution in [1.82, 2.24) is 9.78 Å². The van der Waals surface area contributed by atoms with E-state index in [1.54, 1.807) is 36.4 Å². The highest BCUT2D eigenvalue weighted by Crippen LogP contribution is 2.30. The highest BCUT2D eigenvalue weighted by Gasteiger charge is 2.23. The number of hydrogen-bond acceptors (Lipinski definition) is 4. The van der Waals surface area contributed by atoms with Crippen molar-refractivity contribution in [2.24, 2.45) is 7.05 Å². The lowest BCUT2D eigenvalue weighted by molar-refractivity contribution is 0.101. The molecule has 0 unspecified atom stereocenters. The van der Waals surface area contributed by atoms with Crippen LogP contribution in [0.4, 0.5) is 14.5 Å². The number of aryl methyl sites for hydroxylation is 1. The molecule has 28 heavy (non-hydrogen) atoms. The van der Waals surface area contributed by atoms with Crippen LogP contribution in [0, 0.1) is 0 Å². The monoisotopic (exact) mass is 405 g/mol. The molecular formula is C19H17F2N3O3S. The van der Waals surface area contributed by atoms with Gasteiger partial charge in [-0.15, -0.1) is 0 Å². The molecule has 0 atom stereocenters. The van der Waals surface area contributed by atoms with Crippen molar-refractivity contribution in [3.63, 3.8) is 0 Å². The lowest BCUT2D eigenvalue weighted by atomic mass is 10.0. The molecule has 6 nitrogen and oxygen atoms in total. The highest BCUT2D eigenvalue weighted by atomic mass is 32.2. The number of rotatable bonds is 5. The topological polar surface area (TPSA) is 81.1 Å². The van der Waals surface area contributed by atoms with Crippen LogP contribution in [0.25, 0.3) is 11.1 Å². The molecule has 0 saturated heterocycles. The van der Waals surface area contributed by atoms with Gasteiger partial charge in [0.2, 0.25) is 0 Å². The lowest BCUT2D eigenvalue weighted by Crippen LogP contribution is -2.14. The third kappa shape index (κ3) is 4.09. The number of halogens is 2. The molecule has 3 aromatic rings. The fraction of sp³-hybridized carbons (Fsp3) is 0.158. The molecule has 3 rings (SSSR count). The maximum atomic E-state index is 13.1. The molecule has 0 spiro atoms. The average Bonchev–Trinajstić information content (AvgIpc) is 3.04. The Morgan fingerprint density at radius 2 is 1.75 bits per heavy atom. The van der Waals surface area contributed by atoms with Crippen molar-refractivity contribution >= 4 is 21.4 Å². The number of aromatic nitrogens is 2. The van der Waals surface area contributed by atoms with E-state index < -0.39 is 27.9 Å².